The summed E-state index contributed by atoms with van der Waals surface area (Å²) in [5.74, 6) is 0.476. The molecule has 0 saturated carbocycles. The molecule has 1 aliphatic carbocycles. The number of H-pyrrole nitrogens is 1. The Morgan fingerprint density at radius 2 is 2.25 bits per heavy atom. The summed E-state index contributed by atoms with van der Waals surface area (Å²) in [6.07, 6.45) is 3.86. The summed E-state index contributed by atoms with van der Waals surface area (Å²) < 4.78 is 1.07. The van der Waals surface area contributed by atoms with Crippen molar-refractivity contribution in [2.75, 3.05) is 27.2 Å². The minimum Gasteiger partial charge on any atom is -0.341 e. The van der Waals surface area contributed by atoms with Crippen LogP contribution < -0.4 is 0 Å². The van der Waals surface area contributed by atoms with Crippen LogP contribution in [-0.4, -0.2) is 59.1 Å². The van der Waals surface area contributed by atoms with Crippen molar-refractivity contribution in [3.8, 4) is 0 Å². The van der Waals surface area contributed by atoms with Gasteiger partial charge >= 0.3 is 0 Å². The lowest BCUT2D eigenvalue weighted by Crippen LogP contribution is -2.39. The van der Waals surface area contributed by atoms with Crippen molar-refractivity contribution in [2.45, 2.75) is 31.7 Å². The maximum Gasteiger partial charge on any atom is 0.226 e. The topological polar surface area (TPSA) is 52.2 Å². The van der Waals surface area contributed by atoms with Crippen LogP contribution in [0.2, 0.25) is 0 Å². The van der Waals surface area contributed by atoms with Gasteiger partial charge in [-0.25, -0.2) is 0 Å². The fourth-order valence-corrected chi connectivity index (χ4v) is 4.01. The number of carbonyl (C=O) groups excluding carboxylic acids is 1. The first-order chi connectivity index (χ1) is 9.56. The van der Waals surface area contributed by atoms with Crippen LogP contribution in [0.15, 0.2) is 0 Å². The standard InChI is InChI=1S/C14H21IN4O/c1-18(2)10-5-6-19(8-10)14(20)9-3-4-11-12(7-9)16-17-13(11)15/h9-10H,3-8H2,1-2H3,(H,16,17)/t9?,10-/m1/s1. The Hall–Kier alpha value is -0.630. The second kappa shape index (κ2) is 5.63. The molecule has 0 bridgehead atoms. The maximum absolute atomic E-state index is 12.7. The van der Waals surface area contributed by atoms with Crippen molar-refractivity contribution in [1.29, 1.82) is 0 Å². The molecular weight excluding hydrogens is 367 g/mol. The Bertz CT molecular complexity index is 513. The molecule has 1 N–H and O–H groups in total. The highest BCUT2D eigenvalue weighted by molar-refractivity contribution is 14.1. The SMILES string of the molecule is CN(C)[C@@H]1CCN(C(=O)C2CCc3c(I)n[nH]c3C2)C1. The van der Waals surface area contributed by atoms with Gasteiger partial charge in [0, 0.05) is 42.7 Å². The largest absolute Gasteiger partial charge is 0.341 e. The summed E-state index contributed by atoms with van der Waals surface area (Å²) >= 11 is 2.27. The molecule has 1 unspecified atom stereocenters. The number of hydrogen-bond acceptors (Lipinski definition) is 3. The first-order valence-corrected chi connectivity index (χ1v) is 8.31. The molecule has 3 rings (SSSR count). The van der Waals surface area contributed by atoms with E-state index in [1.165, 1.54) is 11.3 Å². The third-order valence-electron chi connectivity index (χ3n) is 4.65. The number of nitrogens with one attached hydrogen (secondary N) is 1. The van der Waals surface area contributed by atoms with E-state index in [1.54, 1.807) is 0 Å². The molecule has 5 nitrogen and oxygen atoms in total. The molecule has 2 aliphatic rings. The van der Waals surface area contributed by atoms with E-state index in [1.807, 2.05) is 0 Å². The fourth-order valence-electron chi connectivity index (χ4n) is 3.30. The Balaban J connectivity index is 1.65. The number of fused-ring (bicyclic) bond motifs is 1. The highest BCUT2D eigenvalue weighted by Gasteiger charge is 2.34. The Labute approximate surface area is 133 Å². The van der Waals surface area contributed by atoms with Crippen LogP contribution in [0.25, 0.3) is 0 Å². The van der Waals surface area contributed by atoms with Crippen molar-refractivity contribution < 1.29 is 4.79 Å². The summed E-state index contributed by atoms with van der Waals surface area (Å²) in [4.78, 5) is 16.9. The Kier molecular flexibility index (Phi) is 4.03. The van der Waals surface area contributed by atoms with Crippen molar-refractivity contribution in [2.24, 2.45) is 5.92 Å². The van der Waals surface area contributed by atoms with E-state index in [0.29, 0.717) is 11.9 Å². The summed E-state index contributed by atoms with van der Waals surface area (Å²) in [6.45, 7) is 1.79. The van der Waals surface area contributed by atoms with E-state index in [0.717, 1.165) is 42.5 Å². The van der Waals surface area contributed by atoms with Crippen molar-refractivity contribution in [3.63, 3.8) is 0 Å². The summed E-state index contributed by atoms with van der Waals surface area (Å²) in [5, 5.41) is 7.35. The van der Waals surface area contributed by atoms with Gasteiger partial charge in [0.25, 0.3) is 0 Å². The highest BCUT2D eigenvalue weighted by atomic mass is 127. The minimum atomic E-state index is 0.139. The summed E-state index contributed by atoms with van der Waals surface area (Å²) in [6, 6.07) is 0.520. The molecule has 1 amide bonds. The third kappa shape index (κ3) is 2.59. The monoisotopic (exact) mass is 388 g/mol. The van der Waals surface area contributed by atoms with Gasteiger partial charge in [-0.3, -0.25) is 9.89 Å². The molecular formula is C14H21IN4O. The van der Waals surface area contributed by atoms with Gasteiger partial charge in [0.05, 0.1) is 0 Å². The molecule has 0 spiro atoms. The van der Waals surface area contributed by atoms with Crippen LogP contribution in [0.5, 0.6) is 0 Å². The van der Waals surface area contributed by atoms with E-state index in [2.05, 4.69) is 56.7 Å². The zero-order chi connectivity index (χ0) is 14.3. The minimum absolute atomic E-state index is 0.139. The molecule has 6 heteroatoms. The molecule has 1 aromatic rings. The smallest absolute Gasteiger partial charge is 0.226 e. The molecule has 20 heavy (non-hydrogen) atoms. The zero-order valence-corrected chi connectivity index (χ0v) is 14.2. The zero-order valence-electron chi connectivity index (χ0n) is 12.0. The van der Waals surface area contributed by atoms with Crippen LogP contribution >= 0.6 is 22.6 Å². The summed E-state index contributed by atoms with van der Waals surface area (Å²) in [5.41, 5.74) is 2.49. The molecule has 110 valence electrons. The molecule has 0 radical (unpaired) electrons. The van der Waals surface area contributed by atoms with E-state index in [-0.39, 0.29) is 5.92 Å². The van der Waals surface area contributed by atoms with Crippen LogP contribution in [0, 0.1) is 9.62 Å². The van der Waals surface area contributed by atoms with Gasteiger partial charge < -0.3 is 9.80 Å². The third-order valence-corrected chi connectivity index (χ3v) is 5.54. The lowest BCUT2D eigenvalue weighted by Gasteiger charge is -2.27. The quantitative estimate of drug-likeness (QED) is 0.777. The molecule has 1 saturated heterocycles. The van der Waals surface area contributed by atoms with Gasteiger partial charge in [0.15, 0.2) is 0 Å². The predicted octanol–water partition coefficient (Wildman–Crippen LogP) is 1.28. The van der Waals surface area contributed by atoms with Crippen LogP contribution in [0.3, 0.4) is 0 Å². The maximum atomic E-state index is 12.7. The molecule has 2 heterocycles. The predicted molar refractivity (Wildman–Crippen MR) is 85.5 cm³/mol. The van der Waals surface area contributed by atoms with Gasteiger partial charge in [-0.2, -0.15) is 5.10 Å². The molecule has 0 aromatic carbocycles. The first kappa shape index (κ1) is 14.3. The van der Waals surface area contributed by atoms with Crippen LogP contribution in [-0.2, 0) is 17.6 Å². The Morgan fingerprint density at radius 3 is 2.95 bits per heavy atom. The first-order valence-electron chi connectivity index (χ1n) is 7.23. The molecule has 2 atom stereocenters. The second-order valence-corrected chi connectivity index (χ2v) is 7.12. The van der Waals surface area contributed by atoms with E-state index >= 15 is 0 Å². The summed E-state index contributed by atoms with van der Waals surface area (Å²) in [7, 11) is 4.19. The van der Waals surface area contributed by atoms with Gasteiger partial charge in [-0.1, -0.05) is 0 Å². The number of likely N-dealkylation sites (tertiary alicyclic amines) is 1. The van der Waals surface area contributed by atoms with E-state index in [4.69, 9.17) is 0 Å². The van der Waals surface area contributed by atoms with Crippen molar-refractivity contribution >= 4 is 28.5 Å². The molecule has 1 aliphatic heterocycles. The van der Waals surface area contributed by atoms with Gasteiger partial charge in [-0.05, 0) is 55.9 Å². The fraction of sp³-hybridized carbons (Fsp3) is 0.714. The normalized spacial score (nSPS) is 26.1. The van der Waals surface area contributed by atoms with Crippen LogP contribution in [0.4, 0.5) is 0 Å². The number of halogens is 1. The average molecular weight is 388 g/mol. The van der Waals surface area contributed by atoms with Gasteiger partial charge in [0.2, 0.25) is 5.91 Å². The van der Waals surface area contributed by atoms with Crippen molar-refractivity contribution in [1.82, 2.24) is 20.0 Å². The molecule has 1 fully saturated rings. The number of aromatic amines is 1. The lowest BCUT2D eigenvalue weighted by molar-refractivity contribution is -0.135. The average Bonchev–Trinajstić information content (AvgIpc) is 3.05. The number of rotatable bonds is 2. The second-order valence-electron chi connectivity index (χ2n) is 6.10. The Morgan fingerprint density at radius 1 is 1.45 bits per heavy atom. The van der Waals surface area contributed by atoms with Gasteiger partial charge in [0.1, 0.15) is 3.70 Å². The number of hydrogen-bond donors (Lipinski definition) is 1. The van der Waals surface area contributed by atoms with Gasteiger partial charge in [-0.15, -0.1) is 0 Å². The van der Waals surface area contributed by atoms with Crippen LogP contribution in [0.1, 0.15) is 24.1 Å². The number of carbonyl (C=O) groups is 1. The van der Waals surface area contributed by atoms with E-state index < -0.39 is 0 Å². The number of amides is 1. The van der Waals surface area contributed by atoms with E-state index in [9.17, 15) is 4.79 Å². The lowest BCUT2D eigenvalue weighted by atomic mass is 9.87. The highest BCUT2D eigenvalue weighted by Crippen LogP contribution is 2.29. The molecule has 1 aromatic heterocycles. The number of aromatic nitrogens is 2. The van der Waals surface area contributed by atoms with Crippen molar-refractivity contribution in [3.05, 3.63) is 15.0 Å². The number of likely N-dealkylation sites (N-methyl/N-ethyl adjacent to an activating group) is 1. The number of nitrogens with zero attached hydrogens (tertiary/aromatic N) is 3.